The number of anilines is 2. The van der Waals surface area contributed by atoms with Gasteiger partial charge in [-0.15, -0.1) is 0 Å². The lowest BCUT2D eigenvalue weighted by Gasteiger charge is -2.37. The maximum Gasteiger partial charge on any atom is 0.264 e. The maximum atomic E-state index is 14.0. The Hall–Kier alpha value is -2.68. The molecule has 2 fully saturated rings. The van der Waals surface area contributed by atoms with Gasteiger partial charge in [0.2, 0.25) is 5.91 Å². The Kier molecular flexibility index (Phi) is 6.71. The van der Waals surface area contributed by atoms with E-state index < -0.39 is 13.7 Å². The first kappa shape index (κ1) is 25.9. The van der Waals surface area contributed by atoms with Crippen molar-refractivity contribution in [2.24, 2.45) is 5.92 Å². The molecule has 0 aromatic heterocycles. The molecule has 2 aromatic carbocycles. The first-order chi connectivity index (χ1) is 17.7. The second kappa shape index (κ2) is 9.56. The first-order valence-corrected chi connectivity index (χ1v) is 16.4. The summed E-state index contributed by atoms with van der Waals surface area (Å²) in [7, 11) is 1.27. The molecule has 0 radical (unpaired) electrons. The number of nitrogens with zero attached hydrogens (tertiary/aromatic N) is 2. The largest absolute Gasteiger partial charge is 0.497 e. The van der Waals surface area contributed by atoms with Crippen LogP contribution in [0.25, 0.3) is 0 Å². The quantitative estimate of drug-likeness (QED) is 0.584. The number of piperidine rings is 1. The maximum absolute atomic E-state index is 14.0. The van der Waals surface area contributed by atoms with Crippen molar-refractivity contribution in [3.8, 4) is 5.75 Å². The topological polar surface area (TPSA) is 79.3 Å². The lowest BCUT2D eigenvalue weighted by Crippen LogP contribution is -2.51. The fourth-order valence-corrected chi connectivity index (χ4v) is 11.1. The monoisotopic (exact) mass is 522 g/mol. The smallest absolute Gasteiger partial charge is 0.264 e. The minimum atomic E-state index is -2.20. The normalized spacial score (nSPS) is 27.8. The summed E-state index contributed by atoms with van der Waals surface area (Å²) < 4.78 is 12.2. The van der Waals surface area contributed by atoms with Gasteiger partial charge in [0.25, 0.3) is 5.91 Å². The SMILES string of the molecule is COc1ccc([Si](C)(C)[C@@H]2[C@@H](CCO)O[C@]3(C(=O)N(C)c4ccc(N5CCCCC5=O)cc43)[C@H]2C)cc1. The number of rotatable bonds is 6. The zero-order valence-corrected chi connectivity index (χ0v) is 23.5. The average Bonchev–Trinajstić information content (AvgIpc) is 3.31. The summed E-state index contributed by atoms with van der Waals surface area (Å²) in [5.41, 5.74) is 1.46. The Morgan fingerprint density at radius 3 is 2.51 bits per heavy atom. The van der Waals surface area contributed by atoms with Gasteiger partial charge in [-0.25, -0.2) is 0 Å². The van der Waals surface area contributed by atoms with E-state index in [-0.39, 0.29) is 36.0 Å². The molecule has 3 aliphatic heterocycles. The molecule has 37 heavy (non-hydrogen) atoms. The van der Waals surface area contributed by atoms with Crippen LogP contribution in [0.15, 0.2) is 42.5 Å². The molecule has 5 rings (SSSR count). The summed E-state index contributed by atoms with van der Waals surface area (Å²) in [5, 5.41) is 11.3. The van der Waals surface area contributed by atoms with E-state index in [4.69, 9.17) is 9.47 Å². The van der Waals surface area contributed by atoms with Crippen molar-refractivity contribution in [1.82, 2.24) is 0 Å². The van der Waals surface area contributed by atoms with Crippen molar-refractivity contribution in [2.75, 3.05) is 37.1 Å². The number of carbonyl (C=O) groups is 2. The van der Waals surface area contributed by atoms with Gasteiger partial charge >= 0.3 is 0 Å². The molecule has 0 saturated carbocycles. The minimum absolute atomic E-state index is 0.00370. The van der Waals surface area contributed by atoms with Crippen molar-refractivity contribution >= 4 is 36.4 Å². The van der Waals surface area contributed by atoms with Gasteiger partial charge < -0.3 is 24.4 Å². The molecule has 7 nitrogen and oxygen atoms in total. The van der Waals surface area contributed by atoms with E-state index in [0.717, 1.165) is 35.5 Å². The van der Waals surface area contributed by atoms with Crippen LogP contribution in [0, 0.1) is 5.92 Å². The van der Waals surface area contributed by atoms with Gasteiger partial charge in [-0.3, -0.25) is 9.59 Å². The van der Waals surface area contributed by atoms with E-state index in [1.54, 1.807) is 19.1 Å². The van der Waals surface area contributed by atoms with E-state index in [2.05, 4.69) is 32.2 Å². The number of likely N-dealkylation sites (N-methyl/N-ethyl adjacent to an activating group) is 1. The van der Waals surface area contributed by atoms with Gasteiger partial charge in [0.15, 0.2) is 5.60 Å². The molecule has 3 heterocycles. The summed E-state index contributed by atoms with van der Waals surface area (Å²) in [6.45, 7) is 7.49. The second-order valence-electron chi connectivity index (χ2n) is 11.2. The molecule has 2 aromatic rings. The van der Waals surface area contributed by atoms with Gasteiger partial charge in [0.05, 0.1) is 27.0 Å². The lowest BCUT2D eigenvalue weighted by atomic mass is 9.82. The van der Waals surface area contributed by atoms with Crippen LogP contribution >= 0.6 is 0 Å². The number of aliphatic hydroxyl groups excluding tert-OH is 1. The van der Waals surface area contributed by atoms with Crippen LogP contribution < -0.4 is 19.7 Å². The van der Waals surface area contributed by atoms with E-state index in [1.165, 1.54) is 5.19 Å². The molecular formula is C29H38N2O5Si. The molecule has 0 bridgehead atoms. The molecule has 3 aliphatic rings. The molecule has 198 valence electrons. The van der Waals surface area contributed by atoms with Crippen molar-refractivity contribution < 1.29 is 24.2 Å². The number of fused-ring (bicyclic) bond motifs is 2. The van der Waals surface area contributed by atoms with Crippen LogP contribution in [-0.4, -0.2) is 58.4 Å². The van der Waals surface area contributed by atoms with Gasteiger partial charge in [-0.05, 0) is 55.1 Å². The fraction of sp³-hybridized carbons (Fsp3) is 0.517. The molecule has 1 spiro atoms. The summed E-state index contributed by atoms with van der Waals surface area (Å²) in [5.74, 6) is 0.759. The fourth-order valence-electron chi connectivity index (χ4n) is 7.05. The van der Waals surface area contributed by atoms with Gasteiger partial charge in [0.1, 0.15) is 5.75 Å². The third-order valence-corrected chi connectivity index (χ3v) is 13.4. The predicted octanol–water partition coefficient (Wildman–Crippen LogP) is 3.79. The summed E-state index contributed by atoms with van der Waals surface area (Å²) in [6.07, 6.45) is 2.66. The Balaban J connectivity index is 1.60. The lowest BCUT2D eigenvalue weighted by molar-refractivity contribution is -0.145. The predicted molar refractivity (Wildman–Crippen MR) is 147 cm³/mol. The molecule has 1 N–H and O–H groups in total. The number of hydrogen-bond acceptors (Lipinski definition) is 5. The summed E-state index contributed by atoms with van der Waals surface area (Å²) >= 11 is 0. The van der Waals surface area contributed by atoms with Crippen molar-refractivity contribution in [3.63, 3.8) is 0 Å². The number of benzene rings is 2. The third-order valence-electron chi connectivity index (χ3n) is 9.00. The van der Waals surface area contributed by atoms with Crippen LogP contribution in [0.2, 0.25) is 18.6 Å². The Bertz CT molecular complexity index is 1200. The van der Waals surface area contributed by atoms with Crippen LogP contribution in [0.3, 0.4) is 0 Å². The minimum Gasteiger partial charge on any atom is -0.497 e. The number of hydrogen-bond donors (Lipinski definition) is 1. The molecule has 0 unspecified atom stereocenters. The molecule has 2 amide bonds. The third kappa shape index (κ3) is 3.92. The standard InChI is InChI=1S/C29H38N2O5Si/c1-19-27(37(4,5)22-12-10-21(35-3)11-13-22)25(15-17-32)36-29(19)23-18-20(31-16-7-6-8-26(31)33)9-14-24(23)30(2)28(29)34/h9-14,18-19,25,27,32H,6-8,15-17H2,1-5H3/t19-,25+,27-,29+/m0/s1. The van der Waals surface area contributed by atoms with E-state index in [1.807, 2.05) is 35.2 Å². The Labute approximate surface area is 220 Å². The van der Waals surface area contributed by atoms with Gasteiger partial charge in [-0.1, -0.05) is 37.3 Å². The van der Waals surface area contributed by atoms with Crippen LogP contribution in [0.5, 0.6) is 5.75 Å². The summed E-state index contributed by atoms with van der Waals surface area (Å²) in [4.78, 5) is 30.3. The van der Waals surface area contributed by atoms with E-state index >= 15 is 0 Å². The highest BCUT2D eigenvalue weighted by Gasteiger charge is 2.65. The highest BCUT2D eigenvalue weighted by Crippen LogP contribution is 2.60. The van der Waals surface area contributed by atoms with Crippen molar-refractivity contribution in [3.05, 3.63) is 48.0 Å². The van der Waals surface area contributed by atoms with Crippen LogP contribution in [0.1, 0.15) is 38.2 Å². The number of amides is 2. The van der Waals surface area contributed by atoms with Crippen molar-refractivity contribution in [2.45, 2.75) is 62.9 Å². The number of carbonyl (C=O) groups excluding carboxylic acids is 2. The highest BCUT2D eigenvalue weighted by molar-refractivity contribution is 6.91. The van der Waals surface area contributed by atoms with Crippen LogP contribution in [-0.2, 0) is 19.9 Å². The number of ether oxygens (including phenoxy) is 2. The first-order valence-electron chi connectivity index (χ1n) is 13.3. The Morgan fingerprint density at radius 2 is 1.86 bits per heavy atom. The van der Waals surface area contributed by atoms with Gasteiger partial charge in [0, 0.05) is 43.8 Å². The molecule has 0 aliphatic carbocycles. The zero-order chi connectivity index (χ0) is 26.5. The summed E-state index contributed by atoms with van der Waals surface area (Å²) in [6, 6.07) is 14.2. The number of aliphatic hydroxyl groups is 1. The zero-order valence-electron chi connectivity index (χ0n) is 22.5. The Morgan fingerprint density at radius 1 is 1.14 bits per heavy atom. The molecule has 8 heteroatoms. The molecule has 2 saturated heterocycles. The van der Waals surface area contributed by atoms with E-state index in [9.17, 15) is 14.7 Å². The van der Waals surface area contributed by atoms with E-state index in [0.29, 0.717) is 19.4 Å². The van der Waals surface area contributed by atoms with Crippen molar-refractivity contribution in [1.29, 1.82) is 0 Å². The van der Waals surface area contributed by atoms with Gasteiger partial charge in [-0.2, -0.15) is 0 Å². The second-order valence-corrected chi connectivity index (χ2v) is 15.9. The molecule has 4 atom stereocenters. The number of methoxy groups -OCH3 is 1. The highest BCUT2D eigenvalue weighted by atomic mass is 28.3. The molecular weight excluding hydrogens is 484 g/mol. The van der Waals surface area contributed by atoms with Crippen LogP contribution in [0.4, 0.5) is 11.4 Å². The average molecular weight is 523 g/mol.